The number of pyridine rings is 1. The number of aromatic hydroxyl groups is 1. The van der Waals surface area contributed by atoms with Crippen molar-refractivity contribution in [2.75, 3.05) is 26.2 Å². The summed E-state index contributed by atoms with van der Waals surface area (Å²) in [6, 6.07) is 4.15. The van der Waals surface area contributed by atoms with Crippen LogP contribution in [0.5, 0.6) is 5.75 Å². The van der Waals surface area contributed by atoms with Gasteiger partial charge >= 0.3 is 0 Å². The van der Waals surface area contributed by atoms with E-state index in [1.165, 1.54) is 34.7 Å². The molecule has 2 aliphatic rings. The lowest BCUT2D eigenvalue weighted by molar-refractivity contribution is -0.129. The molecule has 2 N–H and O–H groups in total. The van der Waals surface area contributed by atoms with Crippen molar-refractivity contribution in [2.45, 2.75) is 26.4 Å². The number of rotatable bonds is 3. The molecule has 0 saturated carbocycles. The summed E-state index contributed by atoms with van der Waals surface area (Å²) in [6.07, 6.45) is 1.24. The Kier molecular flexibility index (Phi) is 5.45. The van der Waals surface area contributed by atoms with Gasteiger partial charge in [-0.1, -0.05) is 12.1 Å². The van der Waals surface area contributed by atoms with E-state index in [-0.39, 0.29) is 48.9 Å². The highest BCUT2D eigenvalue weighted by atomic mass is 19.1. The van der Waals surface area contributed by atoms with Gasteiger partial charge in [0.25, 0.3) is 11.8 Å². The van der Waals surface area contributed by atoms with Crippen molar-refractivity contribution in [1.82, 2.24) is 19.7 Å². The molecule has 168 valence electrons. The van der Waals surface area contributed by atoms with Crippen LogP contribution in [0.2, 0.25) is 0 Å². The predicted octanol–water partition coefficient (Wildman–Crippen LogP) is 0.790. The average Bonchev–Trinajstić information content (AvgIpc) is 2.94. The highest BCUT2D eigenvalue weighted by molar-refractivity contribution is 5.99. The molecule has 1 unspecified atom stereocenters. The van der Waals surface area contributed by atoms with Gasteiger partial charge in [0.15, 0.2) is 11.4 Å². The summed E-state index contributed by atoms with van der Waals surface area (Å²) in [6.45, 7) is 4.20. The van der Waals surface area contributed by atoms with Gasteiger partial charge in [-0.25, -0.2) is 4.39 Å². The molecule has 1 aromatic carbocycles. The van der Waals surface area contributed by atoms with E-state index in [1.807, 2.05) is 0 Å². The van der Waals surface area contributed by atoms with Crippen molar-refractivity contribution < 1.29 is 23.9 Å². The molecule has 1 saturated heterocycles. The summed E-state index contributed by atoms with van der Waals surface area (Å²) < 4.78 is 15.5. The van der Waals surface area contributed by atoms with Crippen molar-refractivity contribution in [3.05, 3.63) is 62.8 Å². The van der Waals surface area contributed by atoms with Crippen LogP contribution < -0.4 is 10.7 Å². The maximum Gasteiger partial charge on any atom is 0.274 e. The number of amides is 3. The second kappa shape index (κ2) is 8.10. The van der Waals surface area contributed by atoms with E-state index >= 15 is 0 Å². The van der Waals surface area contributed by atoms with Crippen molar-refractivity contribution >= 4 is 17.7 Å². The Balaban J connectivity index is 1.67. The van der Waals surface area contributed by atoms with E-state index in [4.69, 9.17) is 0 Å². The number of hydrogen-bond acceptors (Lipinski definition) is 5. The van der Waals surface area contributed by atoms with Crippen molar-refractivity contribution in [1.29, 1.82) is 0 Å². The summed E-state index contributed by atoms with van der Waals surface area (Å²) in [5, 5.41) is 13.0. The second-order valence-electron chi connectivity index (χ2n) is 8.12. The summed E-state index contributed by atoms with van der Waals surface area (Å²) >= 11 is 0. The maximum atomic E-state index is 14.1. The molecule has 0 aliphatic carbocycles. The van der Waals surface area contributed by atoms with Crippen LogP contribution in [0.1, 0.15) is 44.9 Å². The molecular formula is C22H23FN4O5. The quantitative estimate of drug-likeness (QED) is 0.730. The number of aromatic nitrogens is 1. The molecule has 1 atom stereocenters. The Morgan fingerprint density at radius 1 is 1.22 bits per heavy atom. The fourth-order valence-corrected chi connectivity index (χ4v) is 4.13. The third-order valence-corrected chi connectivity index (χ3v) is 5.93. The average molecular weight is 442 g/mol. The van der Waals surface area contributed by atoms with Crippen LogP contribution in [-0.2, 0) is 11.3 Å². The number of fused-ring (bicyclic) bond motifs is 4. The maximum absolute atomic E-state index is 14.1. The second-order valence-corrected chi connectivity index (χ2v) is 8.12. The van der Waals surface area contributed by atoms with Gasteiger partial charge in [-0.05, 0) is 18.6 Å². The Labute approximate surface area is 183 Å². The van der Waals surface area contributed by atoms with Crippen LogP contribution in [0.3, 0.4) is 0 Å². The summed E-state index contributed by atoms with van der Waals surface area (Å²) in [4.78, 5) is 53.3. The first-order valence-electron chi connectivity index (χ1n) is 10.2. The number of benzene rings is 1. The number of carbonyl (C=O) groups is 3. The fourth-order valence-electron chi connectivity index (χ4n) is 4.13. The van der Waals surface area contributed by atoms with E-state index in [1.54, 1.807) is 17.9 Å². The minimum Gasteiger partial charge on any atom is -0.503 e. The molecule has 9 nitrogen and oxygen atoms in total. The van der Waals surface area contributed by atoms with Crippen molar-refractivity contribution in [3.8, 4) is 5.75 Å². The molecule has 2 aromatic rings. The fraction of sp³-hybridized carbons (Fsp3) is 0.364. The summed E-state index contributed by atoms with van der Waals surface area (Å²) in [7, 11) is 0. The van der Waals surface area contributed by atoms with E-state index in [0.29, 0.717) is 6.54 Å². The lowest BCUT2D eigenvalue weighted by Crippen LogP contribution is -2.45. The zero-order chi connectivity index (χ0) is 23.2. The minimum atomic E-state index is -0.977. The molecule has 2 bridgehead atoms. The van der Waals surface area contributed by atoms with Gasteiger partial charge in [0.1, 0.15) is 11.4 Å². The van der Waals surface area contributed by atoms with E-state index in [9.17, 15) is 28.7 Å². The van der Waals surface area contributed by atoms with Crippen LogP contribution in [0, 0.1) is 12.7 Å². The van der Waals surface area contributed by atoms with Crippen molar-refractivity contribution in [2.24, 2.45) is 0 Å². The molecule has 10 heteroatoms. The topological polar surface area (TPSA) is 112 Å². The SMILES string of the molecule is CC(=O)N1CCN2CC(C1)n1cc(C(=O)NCc3ccc(C)cc3F)c(=O)c(O)c1C2=O. The Morgan fingerprint density at radius 3 is 2.66 bits per heavy atom. The molecule has 32 heavy (non-hydrogen) atoms. The van der Waals surface area contributed by atoms with Crippen LogP contribution >= 0.6 is 0 Å². The molecule has 3 heterocycles. The Morgan fingerprint density at radius 2 is 1.97 bits per heavy atom. The third-order valence-electron chi connectivity index (χ3n) is 5.93. The van der Waals surface area contributed by atoms with Gasteiger partial charge in [-0.2, -0.15) is 0 Å². The van der Waals surface area contributed by atoms with Crippen LogP contribution in [0.15, 0.2) is 29.2 Å². The lowest BCUT2D eigenvalue weighted by Gasteiger charge is -2.34. The highest BCUT2D eigenvalue weighted by Gasteiger charge is 2.38. The molecule has 2 aliphatic heterocycles. The molecule has 0 spiro atoms. The summed E-state index contributed by atoms with van der Waals surface area (Å²) in [5.74, 6) is -2.78. The van der Waals surface area contributed by atoms with Crippen molar-refractivity contribution in [3.63, 3.8) is 0 Å². The normalized spacial score (nSPS) is 17.6. The summed E-state index contributed by atoms with van der Waals surface area (Å²) in [5.41, 5.74) is -0.554. The first kappa shape index (κ1) is 21.5. The number of hydrogen-bond donors (Lipinski definition) is 2. The smallest absolute Gasteiger partial charge is 0.274 e. The van der Waals surface area contributed by atoms with Gasteiger partial charge in [0.05, 0.1) is 6.04 Å². The molecule has 4 rings (SSSR count). The van der Waals surface area contributed by atoms with E-state index in [2.05, 4.69) is 5.32 Å². The number of aryl methyl sites for hydroxylation is 1. The molecule has 1 aromatic heterocycles. The standard InChI is InChI=1S/C22H23FN4O5/c1-12-3-4-14(17(23)7-12)8-24-21(31)16-11-27-15-9-25(13(2)28)5-6-26(10-15)22(32)18(27)20(30)19(16)29/h3-4,7,11,15,30H,5-6,8-10H2,1-2H3,(H,24,31). The first-order chi connectivity index (χ1) is 15.2. The molecule has 3 amide bonds. The highest BCUT2D eigenvalue weighted by Crippen LogP contribution is 2.28. The van der Waals surface area contributed by atoms with Gasteiger partial charge in [-0.15, -0.1) is 0 Å². The predicted molar refractivity (Wildman–Crippen MR) is 112 cm³/mol. The zero-order valence-corrected chi connectivity index (χ0v) is 17.7. The molecule has 1 fully saturated rings. The van der Waals surface area contributed by atoms with Gasteiger partial charge < -0.3 is 24.8 Å². The molecule has 0 radical (unpaired) electrons. The largest absolute Gasteiger partial charge is 0.503 e. The van der Waals surface area contributed by atoms with Gasteiger partial charge in [-0.3, -0.25) is 19.2 Å². The van der Waals surface area contributed by atoms with E-state index < -0.39 is 34.9 Å². The first-order valence-corrected chi connectivity index (χ1v) is 10.2. The Hall–Kier alpha value is -3.69. The number of nitrogens with one attached hydrogen (secondary N) is 1. The minimum absolute atomic E-state index is 0.152. The van der Waals surface area contributed by atoms with E-state index in [0.717, 1.165) is 5.56 Å². The number of nitrogens with zero attached hydrogens (tertiary/aromatic N) is 3. The monoisotopic (exact) mass is 442 g/mol. The van der Waals surface area contributed by atoms with Crippen LogP contribution in [0.25, 0.3) is 0 Å². The Bertz CT molecular complexity index is 1190. The van der Waals surface area contributed by atoms with Gasteiger partial charge in [0.2, 0.25) is 11.3 Å². The number of halogens is 1. The van der Waals surface area contributed by atoms with Gasteiger partial charge in [0, 0.05) is 51.4 Å². The lowest BCUT2D eigenvalue weighted by atomic mass is 10.1. The number of carbonyl (C=O) groups excluding carboxylic acids is 3. The zero-order valence-electron chi connectivity index (χ0n) is 17.7. The third kappa shape index (κ3) is 3.72. The van der Waals surface area contributed by atoms with Crippen LogP contribution in [-0.4, -0.2) is 63.4 Å². The molecular weight excluding hydrogens is 419 g/mol. The van der Waals surface area contributed by atoms with Crippen LogP contribution in [0.4, 0.5) is 4.39 Å².